The van der Waals surface area contributed by atoms with Gasteiger partial charge in [-0.15, -0.1) is 5.10 Å². The van der Waals surface area contributed by atoms with E-state index < -0.39 is 11.6 Å². The number of nitrogens with one attached hydrogen (secondary N) is 1. The van der Waals surface area contributed by atoms with Crippen molar-refractivity contribution >= 4 is 22.8 Å². The average Bonchev–Trinajstić information content (AvgIpc) is 3.22. The van der Waals surface area contributed by atoms with E-state index in [2.05, 4.69) is 15.6 Å². The number of carbonyl (C=O) groups is 2. The molecular formula is C25H33N5O5. The molecule has 0 saturated carbocycles. The maximum absolute atomic E-state index is 13.7. The fourth-order valence-corrected chi connectivity index (χ4v) is 3.78. The average molecular weight is 484 g/mol. The third-order valence-electron chi connectivity index (χ3n) is 5.35. The summed E-state index contributed by atoms with van der Waals surface area (Å²) in [5, 5.41) is 11.3. The standard InChI is InChI=1S/C25H33N5O5/c1-25(2,3)26-24(32)23(18-15-17(34-5)11-12-21(18)35-6)29(13-14-33-4)22(31)16-30-20-10-8-7-9-19(20)27-28-30/h7-12,15,23H,13-14,16H2,1-6H3,(H,26,32)/t23-/m0/s1. The van der Waals surface area contributed by atoms with Crippen LogP contribution in [0.5, 0.6) is 11.5 Å². The molecule has 0 saturated heterocycles. The highest BCUT2D eigenvalue weighted by Gasteiger charge is 2.35. The van der Waals surface area contributed by atoms with Gasteiger partial charge in [-0.25, -0.2) is 4.68 Å². The molecule has 0 bridgehead atoms. The number of amides is 2. The molecule has 3 aromatic rings. The van der Waals surface area contributed by atoms with Gasteiger partial charge in [0.2, 0.25) is 11.8 Å². The van der Waals surface area contributed by atoms with Crippen LogP contribution < -0.4 is 14.8 Å². The van der Waals surface area contributed by atoms with E-state index >= 15 is 0 Å². The number of hydrogen-bond acceptors (Lipinski definition) is 7. The van der Waals surface area contributed by atoms with E-state index in [0.29, 0.717) is 22.6 Å². The molecule has 1 aromatic heterocycles. The molecule has 0 unspecified atom stereocenters. The van der Waals surface area contributed by atoms with Gasteiger partial charge in [-0.05, 0) is 51.1 Å². The Kier molecular flexibility index (Phi) is 8.29. The molecule has 35 heavy (non-hydrogen) atoms. The zero-order valence-corrected chi connectivity index (χ0v) is 21.1. The van der Waals surface area contributed by atoms with Crippen molar-refractivity contribution in [3.8, 4) is 11.5 Å². The summed E-state index contributed by atoms with van der Waals surface area (Å²) in [7, 11) is 4.61. The van der Waals surface area contributed by atoms with Gasteiger partial charge in [0, 0.05) is 24.8 Å². The molecule has 3 rings (SSSR count). The number of rotatable bonds is 10. The Hall–Kier alpha value is -3.66. The molecule has 0 fully saturated rings. The van der Waals surface area contributed by atoms with Crippen LogP contribution in [0.2, 0.25) is 0 Å². The topological polar surface area (TPSA) is 108 Å². The van der Waals surface area contributed by atoms with Crippen LogP contribution in [0.1, 0.15) is 32.4 Å². The molecule has 188 valence electrons. The van der Waals surface area contributed by atoms with Gasteiger partial charge in [-0.2, -0.15) is 0 Å². The molecule has 1 heterocycles. The predicted octanol–water partition coefficient (Wildman–Crippen LogP) is 2.58. The first-order valence-electron chi connectivity index (χ1n) is 11.3. The Morgan fingerprint density at radius 2 is 1.83 bits per heavy atom. The van der Waals surface area contributed by atoms with Crippen LogP contribution in [0, 0.1) is 0 Å². The third kappa shape index (κ3) is 6.27. The van der Waals surface area contributed by atoms with Crippen LogP contribution >= 0.6 is 0 Å². The van der Waals surface area contributed by atoms with Crippen molar-refractivity contribution in [2.45, 2.75) is 38.9 Å². The molecule has 0 spiro atoms. The van der Waals surface area contributed by atoms with Crippen LogP contribution in [0.4, 0.5) is 0 Å². The number of methoxy groups -OCH3 is 3. The molecule has 2 amide bonds. The van der Waals surface area contributed by atoms with Crippen molar-refractivity contribution in [2.75, 3.05) is 34.5 Å². The van der Waals surface area contributed by atoms with Crippen molar-refractivity contribution < 1.29 is 23.8 Å². The molecule has 1 atom stereocenters. The third-order valence-corrected chi connectivity index (χ3v) is 5.35. The van der Waals surface area contributed by atoms with Gasteiger partial charge in [0.1, 0.15) is 29.6 Å². The fraction of sp³-hybridized carbons (Fsp3) is 0.440. The number of ether oxygens (including phenoxy) is 3. The molecule has 2 aromatic carbocycles. The van der Waals surface area contributed by atoms with Crippen molar-refractivity contribution in [3.05, 3.63) is 48.0 Å². The van der Waals surface area contributed by atoms with Crippen LogP contribution in [0.15, 0.2) is 42.5 Å². The molecule has 0 radical (unpaired) electrons. The largest absolute Gasteiger partial charge is 0.497 e. The quantitative estimate of drug-likeness (QED) is 0.472. The number of nitrogens with zero attached hydrogens (tertiary/aromatic N) is 4. The monoisotopic (exact) mass is 483 g/mol. The summed E-state index contributed by atoms with van der Waals surface area (Å²) in [6.07, 6.45) is 0. The van der Waals surface area contributed by atoms with E-state index in [9.17, 15) is 9.59 Å². The van der Waals surface area contributed by atoms with Gasteiger partial charge >= 0.3 is 0 Å². The van der Waals surface area contributed by atoms with Crippen molar-refractivity contribution in [2.24, 2.45) is 0 Å². The lowest BCUT2D eigenvalue weighted by Gasteiger charge is -2.34. The SMILES string of the molecule is COCCN(C(=O)Cn1nnc2ccccc21)[C@H](C(=O)NC(C)(C)C)c1cc(OC)ccc1OC. The van der Waals surface area contributed by atoms with E-state index in [1.54, 1.807) is 32.4 Å². The van der Waals surface area contributed by atoms with Gasteiger partial charge in [0.25, 0.3) is 0 Å². The van der Waals surface area contributed by atoms with Crippen LogP contribution in [0.25, 0.3) is 11.0 Å². The fourth-order valence-electron chi connectivity index (χ4n) is 3.78. The predicted molar refractivity (Wildman–Crippen MR) is 131 cm³/mol. The van der Waals surface area contributed by atoms with E-state index in [0.717, 1.165) is 5.52 Å². The normalized spacial score (nSPS) is 12.3. The number of para-hydroxylation sites is 1. The number of carbonyl (C=O) groups excluding carboxylic acids is 2. The summed E-state index contributed by atoms with van der Waals surface area (Å²) in [6.45, 7) is 5.95. The Bertz CT molecular complexity index is 1170. The Balaban J connectivity index is 2.08. The summed E-state index contributed by atoms with van der Waals surface area (Å²) >= 11 is 0. The van der Waals surface area contributed by atoms with E-state index in [1.807, 2.05) is 45.0 Å². The molecule has 0 aliphatic carbocycles. The van der Waals surface area contributed by atoms with Crippen LogP contribution in [-0.2, 0) is 20.9 Å². The summed E-state index contributed by atoms with van der Waals surface area (Å²) in [5.74, 6) is 0.325. The molecule has 10 nitrogen and oxygen atoms in total. The first-order valence-corrected chi connectivity index (χ1v) is 11.3. The number of hydrogen-bond donors (Lipinski definition) is 1. The highest BCUT2D eigenvalue weighted by atomic mass is 16.5. The molecular weight excluding hydrogens is 450 g/mol. The van der Waals surface area contributed by atoms with Crippen molar-refractivity contribution in [1.29, 1.82) is 0 Å². The second kappa shape index (κ2) is 11.2. The minimum Gasteiger partial charge on any atom is -0.497 e. The summed E-state index contributed by atoms with van der Waals surface area (Å²) in [5.41, 5.74) is 1.38. The zero-order chi connectivity index (χ0) is 25.6. The number of aromatic nitrogens is 3. The first-order chi connectivity index (χ1) is 16.7. The minimum atomic E-state index is -1.00. The second-order valence-corrected chi connectivity index (χ2v) is 9.07. The highest BCUT2D eigenvalue weighted by Crippen LogP contribution is 2.34. The Morgan fingerprint density at radius 3 is 2.49 bits per heavy atom. The molecule has 0 aliphatic rings. The smallest absolute Gasteiger partial charge is 0.247 e. The van der Waals surface area contributed by atoms with Gasteiger partial charge in [0.05, 0.1) is 26.3 Å². The second-order valence-electron chi connectivity index (χ2n) is 9.07. The summed E-state index contributed by atoms with van der Waals surface area (Å²) in [6, 6.07) is 11.6. The molecule has 0 aliphatic heterocycles. The van der Waals surface area contributed by atoms with E-state index in [-0.39, 0.29) is 31.5 Å². The Morgan fingerprint density at radius 1 is 1.09 bits per heavy atom. The highest BCUT2D eigenvalue weighted by molar-refractivity contribution is 5.90. The molecule has 10 heteroatoms. The maximum Gasteiger partial charge on any atom is 0.247 e. The number of benzene rings is 2. The summed E-state index contributed by atoms with van der Waals surface area (Å²) in [4.78, 5) is 28.9. The van der Waals surface area contributed by atoms with E-state index in [1.165, 1.54) is 16.7 Å². The van der Waals surface area contributed by atoms with Gasteiger partial charge < -0.3 is 24.4 Å². The lowest BCUT2D eigenvalue weighted by molar-refractivity contribution is -0.142. The van der Waals surface area contributed by atoms with Crippen LogP contribution in [0.3, 0.4) is 0 Å². The lowest BCUT2D eigenvalue weighted by atomic mass is 10.00. The summed E-state index contributed by atoms with van der Waals surface area (Å²) < 4.78 is 17.8. The van der Waals surface area contributed by atoms with Crippen LogP contribution in [-0.4, -0.2) is 71.7 Å². The van der Waals surface area contributed by atoms with Gasteiger partial charge in [-0.1, -0.05) is 17.3 Å². The van der Waals surface area contributed by atoms with Crippen molar-refractivity contribution in [3.63, 3.8) is 0 Å². The van der Waals surface area contributed by atoms with Gasteiger partial charge in [-0.3, -0.25) is 9.59 Å². The lowest BCUT2D eigenvalue weighted by Crippen LogP contribution is -2.50. The van der Waals surface area contributed by atoms with Crippen molar-refractivity contribution in [1.82, 2.24) is 25.2 Å². The first kappa shape index (κ1) is 26.0. The number of fused-ring (bicyclic) bond motifs is 1. The Labute approximate surface area is 205 Å². The van der Waals surface area contributed by atoms with E-state index in [4.69, 9.17) is 14.2 Å². The minimum absolute atomic E-state index is 0.101. The zero-order valence-electron chi connectivity index (χ0n) is 21.1. The molecule has 1 N–H and O–H groups in total. The maximum atomic E-state index is 13.7. The van der Waals surface area contributed by atoms with Gasteiger partial charge in [0.15, 0.2) is 0 Å².